The van der Waals surface area contributed by atoms with Crippen LogP contribution in [0.2, 0.25) is 0 Å². The Hall–Kier alpha value is -1.00. The van der Waals surface area contributed by atoms with Crippen LogP contribution in [0, 0.1) is 11.6 Å². The highest BCUT2D eigenvalue weighted by atomic mass is 19.1. The molecule has 0 amide bonds. The van der Waals surface area contributed by atoms with E-state index in [-0.39, 0.29) is 6.61 Å². The van der Waals surface area contributed by atoms with Crippen LogP contribution in [0.3, 0.4) is 0 Å². The molecule has 1 N–H and O–H groups in total. The third kappa shape index (κ3) is 4.36. The van der Waals surface area contributed by atoms with Crippen molar-refractivity contribution in [2.75, 3.05) is 6.61 Å². The second kappa shape index (κ2) is 5.78. The van der Waals surface area contributed by atoms with Crippen LogP contribution in [0.5, 0.6) is 0 Å². The Morgan fingerprint density at radius 2 is 2.13 bits per heavy atom. The van der Waals surface area contributed by atoms with Crippen LogP contribution in [0.15, 0.2) is 18.2 Å². The van der Waals surface area contributed by atoms with E-state index in [0.29, 0.717) is 18.6 Å². The summed E-state index contributed by atoms with van der Waals surface area (Å²) in [5, 5.41) is 8.94. The molecule has 0 fully saturated rings. The zero-order valence-corrected chi connectivity index (χ0v) is 8.54. The van der Waals surface area contributed by atoms with Crippen LogP contribution in [0.1, 0.15) is 18.9 Å². The first-order valence-corrected chi connectivity index (χ1v) is 4.79. The van der Waals surface area contributed by atoms with Gasteiger partial charge < -0.3 is 9.84 Å². The molecule has 4 heteroatoms. The van der Waals surface area contributed by atoms with Crippen LogP contribution in [0.25, 0.3) is 0 Å². The Kier molecular flexibility index (Phi) is 4.65. The highest BCUT2D eigenvalue weighted by molar-refractivity contribution is 5.17. The third-order valence-corrected chi connectivity index (χ3v) is 1.95. The van der Waals surface area contributed by atoms with Gasteiger partial charge in [0, 0.05) is 18.2 Å². The van der Waals surface area contributed by atoms with E-state index in [2.05, 4.69) is 0 Å². The third-order valence-electron chi connectivity index (χ3n) is 1.95. The van der Waals surface area contributed by atoms with Gasteiger partial charge in [-0.05, 0) is 19.4 Å². The van der Waals surface area contributed by atoms with Gasteiger partial charge in [0.1, 0.15) is 11.6 Å². The number of hydrogen-bond acceptors (Lipinski definition) is 2. The van der Waals surface area contributed by atoms with Crippen molar-refractivity contribution in [3.63, 3.8) is 0 Å². The molecule has 0 radical (unpaired) electrons. The number of hydrogen-bond donors (Lipinski definition) is 1. The molecule has 0 saturated carbocycles. The summed E-state index contributed by atoms with van der Waals surface area (Å²) in [4.78, 5) is 0. The average molecular weight is 216 g/mol. The fourth-order valence-electron chi connectivity index (χ4n) is 1.07. The van der Waals surface area contributed by atoms with Gasteiger partial charge in [0.05, 0.1) is 12.7 Å². The maximum Gasteiger partial charge on any atom is 0.131 e. The van der Waals surface area contributed by atoms with Crippen molar-refractivity contribution in [2.24, 2.45) is 0 Å². The molecule has 15 heavy (non-hydrogen) atoms. The van der Waals surface area contributed by atoms with Crippen LogP contribution < -0.4 is 0 Å². The molecule has 0 spiro atoms. The Labute approximate surface area is 87.5 Å². The van der Waals surface area contributed by atoms with E-state index in [9.17, 15) is 8.78 Å². The summed E-state index contributed by atoms with van der Waals surface area (Å²) in [5.74, 6) is -1.20. The summed E-state index contributed by atoms with van der Waals surface area (Å²) in [6, 6.07) is 3.37. The van der Waals surface area contributed by atoms with Gasteiger partial charge in [-0.2, -0.15) is 0 Å². The van der Waals surface area contributed by atoms with Gasteiger partial charge in [0.25, 0.3) is 0 Å². The first-order chi connectivity index (χ1) is 7.09. The van der Waals surface area contributed by atoms with Crippen molar-refractivity contribution >= 4 is 0 Å². The molecule has 84 valence electrons. The highest BCUT2D eigenvalue weighted by Gasteiger charge is 2.03. The Balaban J connectivity index is 2.37. The van der Waals surface area contributed by atoms with Gasteiger partial charge in [-0.1, -0.05) is 6.07 Å². The lowest BCUT2D eigenvalue weighted by molar-refractivity contribution is 0.0787. The maximum absolute atomic E-state index is 13.1. The molecule has 0 heterocycles. The minimum Gasteiger partial charge on any atom is -0.393 e. The van der Waals surface area contributed by atoms with E-state index >= 15 is 0 Å². The summed E-state index contributed by atoms with van der Waals surface area (Å²) in [6.45, 7) is 2.11. The zero-order valence-electron chi connectivity index (χ0n) is 8.54. The molecule has 0 bridgehead atoms. The van der Waals surface area contributed by atoms with E-state index in [1.54, 1.807) is 6.92 Å². The second-order valence-electron chi connectivity index (χ2n) is 3.43. The molecule has 1 aromatic rings. The van der Waals surface area contributed by atoms with Gasteiger partial charge in [-0.15, -0.1) is 0 Å². The first-order valence-electron chi connectivity index (χ1n) is 4.79. The Morgan fingerprint density at radius 1 is 1.40 bits per heavy atom. The van der Waals surface area contributed by atoms with Crippen molar-refractivity contribution in [1.82, 2.24) is 0 Å². The van der Waals surface area contributed by atoms with Crippen LogP contribution in [-0.2, 0) is 11.3 Å². The molecular formula is C11H14F2O2. The largest absolute Gasteiger partial charge is 0.393 e. The van der Waals surface area contributed by atoms with Crippen molar-refractivity contribution in [3.8, 4) is 0 Å². The minimum atomic E-state index is -0.605. The van der Waals surface area contributed by atoms with E-state index in [4.69, 9.17) is 9.84 Å². The lowest BCUT2D eigenvalue weighted by Gasteiger charge is -2.06. The molecule has 2 nitrogen and oxygen atoms in total. The molecule has 1 unspecified atom stereocenters. The molecule has 0 saturated heterocycles. The fraction of sp³-hybridized carbons (Fsp3) is 0.455. The molecule has 1 aromatic carbocycles. The number of rotatable bonds is 5. The predicted molar refractivity (Wildman–Crippen MR) is 52.3 cm³/mol. The van der Waals surface area contributed by atoms with Gasteiger partial charge in [0.2, 0.25) is 0 Å². The zero-order chi connectivity index (χ0) is 11.3. The molecule has 1 atom stereocenters. The van der Waals surface area contributed by atoms with Crippen LogP contribution >= 0.6 is 0 Å². The Morgan fingerprint density at radius 3 is 2.73 bits per heavy atom. The molecule has 1 rings (SSSR count). The number of ether oxygens (including phenoxy) is 1. The fourth-order valence-corrected chi connectivity index (χ4v) is 1.07. The Bertz CT molecular complexity index is 313. The summed E-state index contributed by atoms with van der Waals surface area (Å²) in [5.41, 5.74) is 0.321. The number of benzene rings is 1. The first kappa shape index (κ1) is 12.1. The molecular weight excluding hydrogens is 202 g/mol. The van der Waals surface area contributed by atoms with Crippen LogP contribution in [0.4, 0.5) is 8.78 Å². The lowest BCUT2D eigenvalue weighted by atomic mass is 10.2. The van der Waals surface area contributed by atoms with Crippen molar-refractivity contribution in [1.29, 1.82) is 0 Å². The number of aliphatic hydroxyl groups excluding tert-OH is 1. The van der Waals surface area contributed by atoms with Gasteiger partial charge >= 0.3 is 0 Å². The summed E-state index contributed by atoms with van der Waals surface area (Å²) in [6.07, 6.45) is 0.0751. The quantitative estimate of drug-likeness (QED) is 0.765. The second-order valence-corrected chi connectivity index (χ2v) is 3.43. The highest BCUT2D eigenvalue weighted by Crippen LogP contribution is 2.10. The maximum atomic E-state index is 13.1. The number of aliphatic hydroxyl groups is 1. The average Bonchev–Trinajstić information content (AvgIpc) is 2.14. The summed E-state index contributed by atoms with van der Waals surface area (Å²) < 4.78 is 30.7. The van der Waals surface area contributed by atoms with E-state index in [0.717, 1.165) is 6.07 Å². The SMILES string of the molecule is CC(O)CCOCc1ccc(F)cc1F. The van der Waals surface area contributed by atoms with E-state index in [1.807, 2.05) is 0 Å². The van der Waals surface area contributed by atoms with Crippen LogP contribution in [-0.4, -0.2) is 17.8 Å². The summed E-state index contributed by atoms with van der Waals surface area (Å²) >= 11 is 0. The van der Waals surface area contributed by atoms with Crippen molar-refractivity contribution in [2.45, 2.75) is 26.1 Å². The lowest BCUT2D eigenvalue weighted by Crippen LogP contribution is -2.06. The standard InChI is InChI=1S/C11H14F2O2/c1-8(14)4-5-15-7-9-2-3-10(12)6-11(9)13/h2-3,6,8,14H,4-5,7H2,1H3. The topological polar surface area (TPSA) is 29.5 Å². The number of halogens is 2. The van der Waals surface area contributed by atoms with Crippen molar-refractivity contribution < 1.29 is 18.6 Å². The molecule has 0 aliphatic heterocycles. The summed E-state index contributed by atoms with van der Waals surface area (Å²) in [7, 11) is 0. The monoisotopic (exact) mass is 216 g/mol. The van der Waals surface area contributed by atoms with Gasteiger partial charge in [-0.3, -0.25) is 0 Å². The molecule has 0 aromatic heterocycles. The predicted octanol–water partition coefficient (Wildman–Crippen LogP) is 2.25. The normalized spacial score (nSPS) is 12.8. The van der Waals surface area contributed by atoms with Gasteiger partial charge in [-0.25, -0.2) is 8.78 Å². The van der Waals surface area contributed by atoms with E-state index < -0.39 is 17.7 Å². The smallest absolute Gasteiger partial charge is 0.131 e. The molecule has 0 aliphatic rings. The van der Waals surface area contributed by atoms with E-state index in [1.165, 1.54) is 12.1 Å². The molecule has 0 aliphatic carbocycles. The minimum absolute atomic E-state index is 0.0961. The van der Waals surface area contributed by atoms with Crippen molar-refractivity contribution in [3.05, 3.63) is 35.4 Å². The van der Waals surface area contributed by atoms with Gasteiger partial charge in [0.15, 0.2) is 0 Å².